The van der Waals surface area contributed by atoms with Crippen molar-refractivity contribution in [3.63, 3.8) is 0 Å². The van der Waals surface area contributed by atoms with E-state index in [-0.39, 0.29) is 5.70 Å². The van der Waals surface area contributed by atoms with Gasteiger partial charge in [0.1, 0.15) is 5.70 Å². The third-order valence-electron chi connectivity index (χ3n) is 2.29. The van der Waals surface area contributed by atoms with Crippen LogP contribution in [-0.4, -0.2) is 21.7 Å². The van der Waals surface area contributed by atoms with Gasteiger partial charge >= 0.3 is 6.03 Å². The number of hydrogen-bond donors (Lipinski definition) is 2. The van der Waals surface area contributed by atoms with Gasteiger partial charge in [0.05, 0.1) is 6.20 Å². The topological polar surface area (TPSA) is 76.0 Å². The summed E-state index contributed by atoms with van der Waals surface area (Å²) in [5.41, 5.74) is 1.98. The molecule has 0 saturated carbocycles. The highest BCUT2D eigenvalue weighted by Crippen LogP contribution is 2.11. The Morgan fingerprint density at radius 1 is 1.40 bits per heavy atom. The summed E-state index contributed by atoms with van der Waals surface area (Å²) in [5.74, 6) is -0.414. The zero-order valence-corrected chi connectivity index (χ0v) is 8.37. The van der Waals surface area contributed by atoms with Gasteiger partial charge in [0.15, 0.2) is 0 Å². The lowest BCUT2D eigenvalue weighted by Crippen LogP contribution is -2.22. The van der Waals surface area contributed by atoms with Crippen molar-refractivity contribution in [1.82, 2.24) is 20.4 Å². The van der Waals surface area contributed by atoms with E-state index in [4.69, 9.17) is 0 Å². The minimum absolute atomic E-state index is 0.246. The molecular weight excluding hydrogens is 196 g/mol. The number of imide groups is 1. The first-order valence-corrected chi connectivity index (χ1v) is 4.40. The number of rotatable bonds is 1. The number of aromatic nitrogens is 2. The molecule has 1 aromatic rings. The van der Waals surface area contributed by atoms with E-state index in [1.807, 2.05) is 14.0 Å². The van der Waals surface area contributed by atoms with E-state index in [0.29, 0.717) is 0 Å². The monoisotopic (exact) mass is 206 g/mol. The van der Waals surface area contributed by atoms with Crippen LogP contribution in [0, 0.1) is 6.92 Å². The number of nitrogens with one attached hydrogen (secondary N) is 2. The lowest BCUT2D eigenvalue weighted by atomic mass is 10.2. The van der Waals surface area contributed by atoms with Crippen molar-refractivity contribution >= 4 is 18.0 Å². The second kappa shape index (κ2) is 3.23. The van der Waals surface area contributed by atoms with Crippen LogP contribution >= 0.6 is 0 Å². The third kappa shape index (κ3) is 1.61. The molecule has 1 aliphatic heterocycles. The first-order valence-electron chi connectivity index (χ1n) is 4.40. The van der Waals surface area contributed by atoms with Crippen LogP contribution in [0.1, 0.15) is 11.3 Å². The second-order valence-corrected chi connectivity index (χ2v) is 3.28. The molecule has 1 aromatic heterocycles. The number of carbonyl (C=O) groups is 2. The Labute approximate surface area is 86.0 Å². The van der Waals surface area contributed by atoms with Gasteiger partial charge in [-0.05, 0) is 13.0 Å². The molecule has 6 nitrogen and oxygen atoms in total. The van der Waals surface area contributed by atoms with E-state index in [2.05, 4.69) is 15.7 Å². The Balaban J connectivity index is 2.35. The van der Waals surface area contributed by atoms with Crippen LogP contribution in [0.5, 0.6) is 0 Å². The minimum atomic E-state index is -0.493. The molecule has 2 N–H and O–H groups in total. The largest absolute Gasteiger partial charge is 0.326 e. The predicted octanol–water partition coefficient (Wildman–Crippen LogP) is -0.0912. The van der Waals surface area contributed by atoms with Gasteiger partial charge in [0, 0.05) is 18.3 Å². The van der Waals surface area contributed by atoms with E-state index >= 15 is 0 Å². The van der Waals surface area contributed by atoms with Crippen LogP contribution in [0.25, 0.3) is 6.08 Å². The van der Waals surface area contributed by atoms with Crippen LogP contribution in [0.3, 0.4) is 0 Å². The maximum atomic E-state index is 11.2. The van der Waals surface area contributed by atoms with Gasteiger partial charge < -0.3 is 5.32 Å². The van der Waals surface area contributed by atoms with Crippen molar-refractivity contribution in [3.05, 3.63) is 23.2 Å². The van der Waals surface area contributed by atoms with Crippen LogP contribution in [0.2, 0.25) is 0 Å². The fraction of sp³-hybridized carbons (Fsp3) is 0.222. The number of urea groups is 1. The lowest BCUT2D eigenvalue weighted by Gasteiger charge is -1.95. The van der Waals surface area contributed by atoms with Crippen molar-refractivity contribution < 1.29 is 9.59 Å². The van der Waals surface area contributed by atoms with Gasteiger partial charge in [-0.25, -0.2) is 4.79 Å². The van der Waals surface area contributed by atoms with E-state index in [1.54, 1.807) is 17.0 Å². The Bertz CT molecular complexity index is 472. The van der Waals surface area contributed by atoms with Gasteiger partial charge in [-0.1, -0.05) is 0 Å². The van der Waals surface area contributed by atoms with Gasteiger partial charge in [-0.15, -0.1) is 0 Å². The molecule has 6 heteroatoms. The SMILES string of the molecule is Cc1c(C=C2NC(=O)NC2=O)cnn1C. The van der Waals surface area contributed by atoms with E-state index in [9.17, 15) is 9.59 Å². The van der Waals surface area contributed by atoms with Gasteiger partial charge in [0.25, 0.3) is 5.91 Å². The Kier molecular flexibility index (Phi) is 2.03. The van der Waals surface area contributed by atoms with Crippen molar-refractivity contribution in [2.24, 2.45) is 7.05 Å². The standard InChI is InChI=1S/C9H10N4O2/c1-5-6(4-10-13(5)2)3-7-8(14)12-9(15)11-7/h3-4H,1-2H3,(H2,11,12,14,15). The molecule has 2 heterocycles. The number of aryl methyl sites for hydroxylation is 1. The number of nitrogens with zero attached hydrogens (tertiary/aromatic N) is 2. The fourth-order valence-corrected chi connectivity index (χ4v) is 1.30. The average Bonchev–Trinajstić information content (AvgIpc) is 2.64. The van der Waals surface area contributed by atoms with Crippen LogP contribution < -0.4 is 10.6 Å². The van der Waals surface area contributed by atoms with Crippen LogP contribution in [0.4, 0.5) is 4.79 Å². The van der Waals surface area contributed by atoms with E-state index in [0.717, 1.165) is 11.3 Å². The quantitative estimate of drug-likeness (QED) is 0.498. The molecule has 1 fully saturated rings. The fourth-order valence-electron chi connectivity index (χ4n) is 1.30. The molecule has 0 radical (unpaired) electrons. The Morgan fingerprint density at radius 3 is 2.60 bits per heavy atom. The summed E-state index contributed by atoms with van der Waals surface area (Å²) in [6.07, 6.45) is 3.24. The molecule has 0 spiro atoms. The summed E-state index contributed by atoms with van der Waals surface area (Å²) < 4.78 is 1.70. The molecular formula is C9H10N4O2. The average molecular weight is 206 g/mol. The van der Waals surface area contributed by atoms with Crippen LogP contribution in [-0.2, 0) is 11.8 Å². The van der Waals surface area contributed by atoms with Gasteiger partial charge in [-0.2, -0.15) is 5.10 Å². The molecule has 1 saturated heterocycles. The van der Waals surface area contributed by atoms with Gasteiger partial charge in [0.2, 0.25) is 0 Å². The molecule has 0 aromatic carbocycles. The zero-order chi connectivity index (χ0) is 11.0. The molecule has 15 heavy (non-hydrogen) atoms. The Hall–Kier alpha value is -2.11. The van der Waals surface area contributed by atoms with Crippen molar-refractivity contribution in [2.75, 3.05) is 0 Å². The van der Waals surface area contributed by atoms with Gasteiger partial charge in [-0.3, -0.25) is 14.8 Å². The highest BCUT2D eigenvalue weighted by atomic mass is 16.2. The number of hydrogen-bond acceptors (Lipinski definition) is 3. The molecule has 2 rings (SSSR count). The summed E-state index contributed by atoms with van der Waals surface area (Å²) in [6, 6.07) is -0.493. The summed E-state index contributed by atoms with van der Waals surface area (Å²) in [6.45, 7) is 1.88. The van der Waals surface area contributed by atoms with E-state index in [1.165, 1.54) is 0 Å². The molecule has 0 unspecified atom stereocenters. The molecule has 1 aliphatic rings. The van der Waals surface area contributed by atoms with Crippen LogP contribution in [0.15, 0.2) is 11.9 Å². The Morgan fingerprint density at radius 2 is 2.13 bits per heavy atom. The first-order chi connectivity index (χ1) is 7.08. The molecule has 78 valence electrons. The summed E-state index contributed by atoms with van der Waals surface area (Å²) in [7, 11) is 1.81. The lowest BCUT2D eigenvalue weighted by molar-refractivity contribution is -0.115. The number of carbonyl (C=O) groups excluding carboxylic acids is 2. The normalized spacial score (nSPS) is 18.1. The van der Waals surface area contributed by atoms with Crippen molar-refractivity contribution in [1.29, 1.82) is 0 Å². The predicted molar refractivity (Wildman–Crippen MR) is 52.6 cm³/mol. The zero-order valence-electron chi connectivity index (χ0n) is 8.37. The molecule has 0 atom stereocenters. The maximum absolute atomic E-state index is 11.2. The van der Waals surface area contributed by atoms with E-state index < -0.39 is 11.9 Å². The first kappa shape index (κ1) is 9.45. The molecule has 0 aliphatic carbocycles. The summed E-state index contributed by atoms with van der Waals surface area (Å²) in [4.78, 5) is 22.1. The molecule has 0 bridgehead atoms. The number of amides is 3. The maximum Gasteiger partial charge on any atom is 0.326 e. The second-order valence-electron chi connectivity index (χ2n) is 3.28. The third-order valence-corrected chi connectivity index (χ3v) is 2.29. The summed E-state index contributed by atoms with van der Waals surface area (Å²) >= 11 is 0. The molecule has 3 amide bonds. The smallest absolute Gasteiger partial charge is 0.303 e. The highest BCUT2D eigenvalue weighted by Gasteiger charge is 2.23. The highest BCUT2D eigenvalue weighted by molar-refractivity contribution is 6.14. The minimum Gasteiger partial charge on any atom is -0.303 e. The summed E-state index contributed by atoms with van der Waals surface area (Å²) in [5, 5.41) is 8.57. The van der Waals surface area contributed by atoms with Crippen molar-refractivity contribution in [2.45, 2.75) is 6.92 Å². The van der Waals surface area contributed by atoms with Crippen molar-refractivity contribution in [3.8, 4) is 0 Å².